The van der Waals surface area contributed by atoms with Crippen LogP contribution >= 0.6 is 0 Å². The molecule has 1 fully saturated rings. The molecule has 104 valence electrons. The zero-order valence-electron chi connectivity index (χ0n) is 11.4. The monoisotopic (exact) mass is 265 g/mol. The molecule has 1 aliphatic heterocycles. The fourth-order valence-corrected chi connectivity index (χ4v) is 2.55. The van der Waals surface area contributed by atoms with Gasteiger partial charge < -0.3 is 10.9 Å². The first-order chi connectivity index (χ1) is 8.94. The van der Waals surface area contributed by atoms with Gasteiger partial charge in [-0.15, -0.1) is 0 Å². The molecule has 1 aromatic carbocycles. The smallest absolute Gasteiger partial charge is 0.170 e. The Morgan fingerprint density at radius 2 is 2.26 bits per heavy atom. The number of likely N-dealkylation sites (tertiary alicyclic amines) is 1. The minimum Gasteiger partial charge on any atom is -0.409 e. The van der Waals surface area contributed by atoms with Crippen LogP contribution in [0.5, 0.6) is 0 Å². The van der Waals surface area contributed by atoms with Crippen molar-refractivity contribution < 1.29 is 9.60 Å². The highest BCUT2D eigenvalue weighted by Gasteiger charge is 2.32. The van der Waals surface area contributed by atoms with Crippen molar-refractivity contribution in [2.45, 2.75) is 38.8 Å². The maximum absolute atomic E-state index is 14.0. The zero-order chi connectivity index (χ0) is 14.0. The molecule has 0 atom stereocenters. The molecule has 0 aromatic heterocycles. The Labute approximate surface area is 112 Å². The predicted molar refractivity (Wildman–Crippen MR) is 72.6 cm³/mol. The van der Waals surface area contributed by atoms with Gasteiger partial charge in [0.15, 0.2) is 5.84 Å². The zero-order valence-corrected chi connectivity index (χ0v) is 11.4. The summed E-state index contributed by atoms with van der Waals surface area (Å²) >= 11 is 0. The quantitative estimate of drug-likeness (QED) is 0.381. The molecule has 2 rings (SSSR count). The largest absolute Gasteiger partial charge is 0.409 e. The summed E-state index contributed by atoms with van der Waals surface area (Å²) < 4.78 is 14.0. The van der Waals surface area contributed by atoms with Crippen molar-refractivity contribution in [2.24, 2.45) is 10.9 Å². The van der Waals surface area contributed by atoms with Gasteiger partial charge >= 0.3 is 0 Å². The van der Waals surface area contributed by atoms with E-state index >= 15 is 0 Å². The van der Waals surface area contributed by atoms with E-state index in [2.05, 4.69) is 23.9 Å². The third-order valence-corrected chi connectivity index (χ3v) is 3.89. The van der Waals surface area contributed by atoms with Crippen LogP contribution in [0.3, 0.4) is 0 Å². The second-order valence-corrected chi connectivity index (χ2v) is 5.63. The van der Waals surface area contributed by atoms with Crippen LogP contribution in [0.2, 0.25) is 0 Å². The number of nitrogens with two attached hydrogens (primary N) is 1. The minimum absolute atomic E-state index is 0.0769. The van der Waals surface area contributed by atoms with Gasteiger partial charge in [-0.1, -0.05) is 17.3 Å². The van der Waals surface area contributed by atoms with Gasteiger partial charge in [-0.3, -0.25) is 4.90 Å². The summed E-state index contributed by atoms with van der Waals surface area (Å²) in [6.45, 7) is 5.95. The summed E-state index contributed by atoms with van der Waals surface area (Å²) in [4.78, 5) is 2.29. The number of nitrogens with zero attached hydrogens (tertiary/aromatic N) is 2. The highest BCUT2D eigenvalue weighted by atomic mass is 19.1. The fourth-order valence-electron chi connectivity index (χ4n) is 2.55. The van der Waals surface area contributed by atoms with Crippen LogP contribution in [0.4, 0.5) is 4.39 Å². The van der Waals surface area contributed by atoms with Gasteiger partial charge in [-0.25, -0.2) is 4.39 Å². The lowest BCUT2D eigenvalue weighted by Crippen LogP contribution is -2.37. The standard InChI is InChI=1S/C14H20FN3O/c1-14(2)6-3-7-18(14)9-11-5-4-10(8-12(11)15)13(16)17-19/h4-5,8,19H,3,6-7,9H2,1-2H3,(H2,16,17). The molecule has 0 aliphatic carbocycles. The maximum atomic E-state index is 14.0. The molecular weight excluding hydrogens is 245 g/mol. The van der Waals surface area contributed by atoms with E-state index in [1.807, 2.05) is 0 Å². The summed E-state index contributed by atoms with van der Waals surface area (Å²) in [5, 5.41) is 11.5. The molecule has 1 aromatic rings. The van der Waals surface area contributed by atoms with E-state index in [9.17, 15) is 4.39 Å². The lowest BCUT2D eigenvalue weighted by atomic mass is 10.0. The SMILES string of the molecule is CC1(C)CCCN1Cc1ccc(C(N)=NO)cc1F. The first kappa shape index (κ1) is 13.8. The third kappa shape index (κ3) is 2.87. The molecule has 0 radical (unpaired) electrons. The lowest BCUT2D eigenvalue weighted by molar-refractivity contribution is 0.164. The van der Waals surface area contributed by atoms with Crippen molar-refractivity contribution in [1.29, 1.82) is 0 Å². The summed E-state index contributed by atoms with van der Waals surface area (Å²) in [6, 6.07) is 4.70. The number of halogens is 1. The van der Waals surface area contributed by atoms with Crippen molar-refractivity contribution in [3.63, 3.8) is 0 Å². The Hall–Kier alpha value is -1.62. The van der Waals surface area contributed by atoms with E-state index in [0.29, 0.717) is 17.7 Å². The average molecular weight is 265 g/mol. The van der Waals surface area contributed by atoms with E-state index in [1.165, 1.54) is 6.07 Å². The molecule has 4 nitrogen and oxygen atoms in total. The number of oxime groups is 1. The Kier molecular flexibility index (Phi) is 3.75. The molecule has 0 spiro atoms. The molecule has 0 unspecified atom stereocenters. The fraction of sp³-hybridized carbons (Fsp3) is 0.500. The third-order valence-electron chi connectivity index (χ3n) is 3.89. The molecule has 0 bridgehead atoms. The molecule has 1 aliphatic rings. The molecule has 19 heavy (non-hydrogen) atoms. The van der Waals surface area contributed by atoms with Crippen molar-refractivity contribution in [3.8, 4) is 0 Å². The summed E-state index contributed by atoms with van der Waals surface area (Å²) in [7, 11) is 0. The first-order valence-corrected chi connectivity index (χ1v) is 6.45. The first-order valence-electron chi connectivity index (χ1n) is 6.45. The molecule has 5 heteroatoms. The van der Waals surface area contributed by atoms with E-state index in [4.69, 9.17) is 10.9 Å². The molecular formula is C14H20FN3O. The van der Waals surface area contributed by atoms with Gasteiger partial charge in [0.25, 0.3) is 0 Å². The van der Waals surface area contributed by atoms with Crippen molar-refractivity contribution in [1.82, 2.24) is 4.90 Å². The van der Waals surface area contributed by atoms with Crippen LogP contribution in [0.15, 0.2) is 23.4 Å². The number of amidine groups is 1. The van der Waals surface area contributed by atoms with Crippen LogP contribution < -0.4 is 5.73 Å². The summed E-state index contributed by atoms with van der Waals surface area (Å²) in [6.07, 6.45) is 2.29. The number of rotatable bonds is 3. The molecule has 0 amide bonds. The van der Waals surface area contributed by atoms with Gasteiger partial charge in [0.2, 0.25) is 0 Å². The Morgan fingerprint density at radius 1 is 1.53 bits per heavy atom. The van der Waals surface area contributed by atoms with E-state index in [0.717, 1.165) is 19.4 Å². The van der Waals surface area contributed by atoms with E-state index in [-0.39, 0.29) is 17.2 Å². The van der Waals surface area contributed by atoms with Crippen LogP contribution in [-0.2, 0) is 6.54 Å². The van der Waals surface area contributed by atoms with Crippen LogP contribution in [-0.4, -0.2) is 28.0 Å². The Bertz CT molecular complexity index is 499. The maximum Gasteiger partial charge on any atom is 0.170 e. The lowest BCUT2D eigenvalue weighted by Gasteiger charge is -2.31. The Balaban J connectivity index is 2.18. The highest BCUT2D eigenvalue weighted by Crippen LogP contribution is 2.30. The van der Waals surface area contributed by atoms with Gasteiger partial charge in [0, 0.05) is 23.2 Å². The van der Waals surface area contributed by atoms with Gasteiger partial charge in [0.05, 0.1) is 0 Å². The Morgan fingerprint density at radius 3 is 2.79 bits per heavy atom. The minimum atomic E-state index is -0.313. The highest BCUT2D eigenvalue weighted by molar-refractivity contribution is 5.97. The van der Waals surface area contributed by atoms with Gasteiger partial charge in [-0.05, 0) is 39.3 Å². The average Bonchev–Trinajstić information content (AvgIpc) is 2.70. The van der Waals surface area contributed by atoms with E-state index in [1.54, 1.807) is 12.1 Å². The number of hydrogen-bond donors (Lipinski definition) is 2. The van der Waals surface area contributed by atoms with Gasteiger partial charge in [-0.2, -0.15) is 0 Å². The second kappa shape index (κ2) is 5.17. The molecule has 0 saturated carbocycles. The normalized spacial score (nSPS) is 19.8. The second-order valence-electron chi connectivity index (χ2n) is 5.63. The van der Waals surface area contributed by atoms with Crippen LogP contribution in [0.1, 0.15) is 37.8 Å². The number of hydrogen-bond acceptors (Lipinski definition) is 3. The number of benzene rings is 1. The van der Waals surface area contributed by atoms with Crippen molar-refractivity contribution in [3.05, 3.63) is 35.1 Å². The van der Waals surface area contributed by atoms with Gasteiger partial charge in [0.1, 0.15) is 5.82 Å². The van der Waals surface area contributed by atoms with Crippen molar-refractivity contribution in [2.75, 3.05) is 6.54 Å². The summed E-state index contributed by atoms with van der Waals surface area (Å²) in [5.74, 6) is -0.390. The molecule has 1 heterocycles. The van der Waals surface area contributed by atoms with E-state index < -0.39 is 0 Å². The molecule has 1 saturated heterocycles. The predicted octanol–water partition coefficient (Wildman–Crippen LogP) is 2.29. The molecule has 3 N–H and O–H groups in total. The summed E-state index contributed by atoms with van der Waals surface area (Å²) in [5.41, 5.74) is 6.60. The topological polar surface area (TPSA) is 61.8 Å². The van der Waals surface area contributed by atoms with Crippen molar-refractivity contribution >= 4 is 5.84 Å². The van der Waals surface area contributed by atoms with Crippen LogP contribution in [0, 0.1) is 5.82 Å². The van der Waals surface area contributed by atoms with Crippen LogP contribution in [0.25, 0.3) is 0 Å².